The number of piperazine rings is 1. The summed E-state index contributed by atoms with van der Waals surface area (Å²) < 4.78 is 15.3. The molecule has 0 spiro atoms. The fraction of sp³-hybridized carbons (Fsp3) is 0.467. The molecule has 5 aliphatic rings. The first-order chi connectivity index (χ1) is 28.5. The molecule has 14 heteroatoms. The van der Waals surface area contributed by atoms with Gasteiger partial charge >= 0.3 is 12.2 Å². The number of allylic oxidation sites excluding steroid dienone is 5. The smallest absolute Gasteiger partial charge is 0.410 e. The van der Waals surface area contributed by atoms with Gasteiger partial charge in [-0.05, 0) is 95.2 Å². The first kappa shape index (κ1) is 38.7. The zero-order chi connectivity index (χ0) is 40.8. The maximum Gasteiger partial charge on any atom is 0.410 e. The van der Waals surface area contributed by atoms with E-state index < -0.39 is 11.7 Å². The third kappa shape index (κ3) is 7.77. The maximum absolute atomic E-state index is 13.0. The van der Waals surface area contributed by atoms with Gasteiger partial charge in [-0.2, -0.15) is 0 Å². The van der Waals surface area contributed by atoms with Crippen molar-refractivity contribution >= 4 is 34.2 Å². The zero-order valence-electron chi connectivity index (χ0n) is 34.5. The summed E-state index contributed by atoms with van der Waals surface area (Å²) in [5.74, 6) is 2.38. The summed E-state index contributed by atoms with van der Waals surface area (Å²) in [6.45, 7) is 13.0. The summed E-state index contributed by atoms with van der Waals surface area (Å²) in [6, 6.07) is 8.60. The number of rotatable bonds is 9. The minimum Gasteiger partial charge on any atom is -0.469 e. The topological polar surface area (TPSA) is 157 Å². The van der Waals surface area contributed by atoms with E-state index in [4.69, 9.17) is 9.47 Å². The fourth-order valence-corrected chi connectivity index (χ4v) is 9.22. The molecule has 2 amide bonds. The third-order valence-corrected chi connectivity index (χ3v) is 12.0. The van der Waals surface area contributed by atoms with Crippen LogP contribution in [0.1, 0.15) is 102 Å². The highest BCUT2D eigenvalue weighted by Gasteiger charge is 2.37. The fourth-order valence-electron chi connectivity index (χ4n) is 9.22. The predicted molar refractivity (Wildman–Crippen MR) is 226 cm³/mol. The molecule has 310 valence electrons. The Morgan fingerprint density at radius 2 is 1.88 bits per heavy atom. The minimum atomic E-state index is -0.906. The van der Waals surface area contributed by atoms with Crippen LogP contribution < -0.4 is 5.32 Å². The Morgan fingerprint density at radius 3 is 2.68 bits per heavy atom. The van der Waals surface area contributed by atoms with Crippen molar-refractivity contribution in [3.05, 3.63) is 95.5 Å². The van der Waals surface area contributed by atoms with Crippen LogP contribution in [0.3, 0.4) is 0 Å². The van der Waals surface area contributed by atoms with Crippen LogP contribution in [0.4, 0.5) is 9.59 Å². The molecule has 2 fully saturated rings. The van der Waals surface area contributed by atoms with Crippen LogP contribution in [-0.2, 0) is 16.0 Å². The zero-order valence-corrected chi connectivity index (χ0v) is 34.5. The second-order valence-electron chi connectivity index (χ2n) is 17.3. The third-order valence-electron chi connectivity index (χ3n) is 12.0. The normalized spacial score (nSPS) is 21.9. The van der Waals surface area contributed by atoms with Gasteiger partial charge in [0.25, 0.3) is 0 Å². The molecule has 9 rings (SSSR count). The minimum absolute atomic E-state index is 0.0982. The molecule has 14 nitrogen and oxygen atoms in total. The summed E-state index contributed by atoms with van der Waals surface area (Å²) >= 11 is 0. The molecule has 2 saturated heterocycles. The van der Waals surface area contributed by atoms with E-state index in [1.165, 1.54) is 16.2 Å². The Labute approximate surface area is 344 Å². The van der Waals surface area contributed by atoms with E-state index in [9.17, 15) is 14.7 Å². The molecule has 0 saturated carbocycles. The van der Waals surface area contributed by atoms with Gasteiger partial charge < -0.3 is 44.2 Å². The van der Waals surface area contributed by atoms with Gasteiger partial charge in [-0.25, -0.2) is 19.6 Å². The number of amides is 2. The SMILES string of the molecule is CCCN(Cc1ncc(-c2ccc3c(c2)cc2n3C(C3C=C(N4CCNCC4)C=CC3)OC3=C2CCC(c2cnc(C4CCCN4C(=O)O)[nH]2)=C3)[nH]1)C(=O)OC(C)(C)C. The van der Waals surface area contributed by atoms with E-state index in [-0.39, 0.29) is 24.3 Å². The Hall–Kier alpha value is -5.76. The second-order valence-corrected chi connectivity index (χ2v) is 17.3. The number of H-pyrrole nitrogens is 2. The molecule has 1 aromatic carbocycles. The molecular weight excluding hydrogens is 747 g/mol. The number of nitrogens with zero attached hydrogens (tertiary/aromatic N) is 6. The first-order valence-electron chi connectivity index (χ1n) is 21.2. The van der Waals surface area contributed by atoms with Crippen molar-refractivity contribution < 1.29 is 24.2 Å². The van der Waals surface area contributed by atoms with E-state index in [1.54, 1.807) is 4.90 Å². The van der Waals surface area contributed by atoms with Crippen molar-refractivity contribution in [2.45, 2.75) is 90.6 Å². The number of carbonyl (C=O) groups excluding carboxylic acids is 1. The number of ether oxygens (including phenoxy) is 2. The van der Waals surface area contributed by atoms with Gasteiger partial charge in [0.2, 0.25) is 0 Å². The van der Waals surface area contributed by atoms with Gasteiger partial charge in [0.05, 0.1) is 47.6 Å². The number of aromatic nitrogens is 5. The van der Waals surface area contributed by atoms with Crippen LogP contribution in [0, 0.1) is 5.92 Å². The largest absolute Gasteiger partial charge is 0.469 e. The van der Waals surface area contributed by atoms with Crippen LogP contribution in [0.25, 0.3) is 33.3 Å². The van der Waals surface area contributed by atoms with Crippen molar-refractivity contribution in [3.63, 3.8) is 0 Å². The Bertz CT molecular complexity index is 2370. The summed E-state index contributed by atoms with van der Waals surface area (Å²) in [6.07, 6.45) is 16.1. The predicted octanol–water partition coefficient (Wildman–Crippen LogP) is 8.20. The highest BCUT2D eigenvalue weighted by Crippen LogP contribution is 2.47. The monoisotopic (exact) mass is 801 g/mol. The summed E-state index contributed by atoms with van der Waals surface area (Å²) in [5, 5.41) is 14.4. The number of imidazole rings is 2. The summed E-state index contributed by atoms with van der Waals surface area (Å²) in [4.78, 5) is 46.9. The maximum atomic E-state index is 13.0. The van der Waals surface area contributed by atoms with Crippen LogP contribution in [0.2, 0.25) is 0 Å². The number of hydrogen-bond donors (Lipinski definition) is 4. The Kier molecular flexibility index (Phi) is 10.4. The van der Waals surface area contributed by atoms with Crippen molar-refractivity contribution in [2.75, 3.05) is 39.3 Å². The number of carboxylic acid groups (broad SMARTS) is 1. The van der Waals surface area contributed by atoms with E-state index in [1.807, 2.05) is 40.1 Å². The lowest BCUT2D eigenvalue weighted by Gasteiger charge is -2.38. The van der Waals surface area contributed by atoms with Gasteiger partial charge in [-0.3, -0.25) is 4.90 Å². The highest BCUT2D eigenvalue weighted by atomic mass is 16.6. The van der Waals surface area contributed by atoms with Crippen molar-refractivity contribution in [3.8, 4) is 11.3 Å². The van der Waals surface area contributed by atoms with Gasteiger partial charge in [0, 0.05) is 67.4 Å². The average molecular weight is 802 g/mol. The molecule has 4 aromatic rings. The molecule has 3 atom stereocenters. The number of nitrogens with one attached hydrogen (secondary N) is 3. The van der Waals surface area contributed by atoms with Crippen molar-refractivity contribution in [2.24, 2.45) is 5.92 Å². The highest BCUT2D eigenvalue weighted by molar-refractivity contribution is 5.91. The van der Waals surface area contributed by atoms with Crippen LogP contribution in [0.15, 0.2) is 72.4 Å². The number of likely N-dealkylation sites (tertiary alicyclic amines) is 1. The van der Waals surface area contributed by atoms with Crippen LogP contribution in [-0.4, -0.2) is 101 Å². The van der Waals surface area contributed by atoms with Crippen LogP contribution >= 0.6 is 0 Å². The lowest BCUT2D eigenvalue weighted by Crippen LogP contribution is -2.43. The molecule has 0 radical (unpaired) electrons. The van der Waals surface area contributed by atoms with E-state index in [0.717, 1.165) is 110 Å². The molecule has 6 heterocycles. The lowest BCUT2D eigenvalue weighted by molar-refractivity contribution is 0.0228. The second kappa shape index (κ2) is 15.8. The Balaban J connectivity index is 1.05. The molecule has 3 aliphatic heterocycles. The molecule has 2 aliphatic carbocycles. The average Bonchev–Trinajstić information content (AvgIpc) is 4.06. The van der Waals surface area contributed by atoms with Gasteiger partial charge in [-0.1, -0.05) is 25.1 Å². The number of fused-ring (bicyclic) bond motifs is 4. The number of aromatic amines is 2. The van der Waals surface area contributed by atoms with Crippen molar-refractivity contribution in [1.29, 1.82) is 0 Å². The molecule has 4 N–H and O–H groups in total. The number of carbonyl (C=O) groups is 2. The van der Waals surface area contributed by atoms with E-state index in [2.05, 4.69) is 83.3 Å². The lowest BCUT2D eigenvalue weighted by atomic mass is 9.90. The van der Waals surface area contributed by atoms with Gasteiger partial charge in [-0.15, -0.1) is 0 Å². The molecular formula is C45H55N9O5. The van der Waals surface area contributed by atoms with E-state index in [0.29, 0.717) is 31.3 Å². The molecule has 59 heavy (non-hydrogen) atoms. The first-order valence-corrected chi connectivity index (χ1v) is 21.2. The standard InChI is InChI=1S/C45H55N9O5/c1-5-17-52(44(57)59-45(2,3)4)27-40-47-25-34(49-40)28-12-14-36-31(21-28)23-38-33-13-11-29(35-26-48-41(50-35)37-10-7-18-53(37)43(55)56)24-39(33)58-42(54(36)38)30-8-6-9-32(22-30)51-19-15-46-16-20-51/h6,9,12,14,21-26,30,37,42,46H,5,7-8,10-11,13,15-20,27H2,1-4H3,(H,47,49)(H,48,50)(H,55,56). The van der Waals surface area contributed by atoms with Gasteiger partial charge in [0.15, 0.2) is 6.23 Å². The van der Waals surface area contributed by atoms with Crippen molar-refractivity contribution in [1.82, 2.24) is 44.5 Å². The quantitative estimate of drug-likeness (QED) is 0.131. The number of benzene rings is 1. The Morgan fingerprint density at radius 1 is 1.05 bits per heavy atom. The van der Waals surface area contributed by atoms with Crippen LogP contribution in [0.5, 0.6) is 0 Å². The molecule has 3 aromatic heterocycles. The van der Waals surface area contributed by atoms with E-state index >= 15 is 0 Å². The molecule has 3 unspecified atom stereocenters. The van der Waals surface area contributed by atoms with Gasteiger partial charge in [0.1, 0.15) is 23.0 Å². The summed E-state index contributed by atoms with van der Waals surface area (Å²) in [7, 11) is 0. The summed E-state index contributed by atoms with van der Waals surface area (Å²) in [5.41, 5.74) is 8.02. The number of hydrogen-bond acceptors (Lipinski definition) is 8. The molecule has 0 bridgehead atoms.